The highest BCUT2D eigenvalue weighted by Crippen LogP contribution is 2.30. The van der Waals surface area contributed by atoms with Gasteiger partial charge in [-0.25, -0.2) is 18.7 Å². The largest absolute Gasteiger partial charge is 0.381 e. The highest BCUT2D eigenvalue weighted by molar-refractivity contribution is 7.99. The molecule has 1 aromatic heterocycles. The van der Waals surface area contributed by atoms with Crippen LogP contribution in [0.4, 0.5) is 14.6 Å². The maximum Gasteiger partial charge on any atom is 0.156 e. The molecule has 0 saturated heterocycles. The van der Waals surface area contributed by atoms with Crippen molar-refractivity contribution >= 4 is 17.6 Å². The van der Waals surface area contributed by atoms with Gasteiger partial charge in [-0.15, -0.1) is 0 Å². The first-order chi connectivity index (χ1) is 7.66. The number of anilines is 1. The molecule has 0 aliphatic rings. The van der Waals surface area contributed by atoms with Gasteiger partial charge in [0.2, 0.25) is 0 Å². The second-order valence-corrected chi connectivity index (χ2v) is 3.95. The molecule has 0 atom stereocenters. The van der Waals surface area contributed by atoms with Crippen LogP contribution in [0.25, 0.3) is 0 Å². The lowest BCUT2D eigenvalue weighted by Gasteiger charge is -2.03. The Labute approximate surface area is 94.7 Å². The van der Waals surface area contributed by atoms with Crippen molar-refractivity contribution in [3.05, 3.63) is 42.2 Å². The molecule has 0 aliphatic heterocycles. The van der Waals surface area contributed by atoms with E-state index in [4.69, 9.17) is 5.73 Å². The third kappa shape index (κ3) is 2.27. The molecule has 1 aromatic carbocycles. The molecule has 2 N–H and O–H groups in total. The van der Waals surface area contributed by atoms with Crippen LogP contribution in [0.5, 0.6) is 0 Å². The summed E-state index contributed by atoms with van der Waals surface area (Å²) in [6.07, 6.45) is 2.90. The molecular formula is C10H7F2N3S. The normalized spacial score (nSPS) is 10.4. The van der Waals surface area contributed by atoms with Gasteiger partial charge in [0.15, 0.2) is 5.82 Å². The summed E-state index contributed by atoms with van der Waals surface area (Å²) < 4.78 is 26.0. The third-order valence-electron chi connectivity index (χ3n) is 1.79. The average molecular weight is 239 g/mol. The maximum absolute atomic E-state index is 13.3. The molecule has 0 aliphatic carbocycles. The van der Waals surface area contributed by atoms with Gasteiger partial charge >= 0.3 is 0 Å². The summed E-state index contributed by atoms with van der Waals surface area (Å²) in [5.41, 5.74) is 5.56. The van der Waals surface area contributed by atoms with Crippen molar-refractivity contribution < 1.29 is 8.78 Å². The van der Waals surface area contributed by atoms with Crippen LogP contribution >= 0.6 is 11.8 Å². The van der Waals surface area contributed by atoms with Crippen molar-refractivity contribution in [2.24, 2.45) is 0 Å². The zero-order valence-electron chi connectivity index (χ0n) is 8.02. The van der Waals surface area contributed by atoms with Crippen molar-refractivity contribution in [2.45, 2.75) is 9.92 Å². The van der Waals surface area contributed by atoms with E-state index >= 15 is 0 Å². The fourth-order valence-electron chi connectivity index (χ4n) is 1.08. The van der Waals surface area contributed by atoms with Crippen molar-refractivity contribution in [1.82, 2.24) is 9.97 Å². The van der Waals surface area contributed by atoms with Gasteiger partial charge in [-0.05, 0) is 12.1 Å². The zero-order chi connectivity index (χ0) is 11.5. The van der Waals surface area contributed by atoms with Crippen LogP contribution < -0.4 is 5.73 Å². The number of hydrogen-bond donors (Lipinski definition) is 1. The number of nitrogens with two attached hydrogens (primary N) is 1. The molecule has 0 spiro atoms. The molecule has 0 unspecified atom stereocenters. The molecule has 2 rings (SSSR count). The predicted molar refractivity (Wildman–Crippen MR) is 56.9 cm³/mol. The van der Waals surface area contributed by atoms with Gasteiger partial charge in [0, 0.05) is 23.4 Å². The number of benzene rings is 1. The fraction of sp³-hybridized carbons (Fsp3) is 0. The summed E-state index contributed by atoms with van der Waals surface area (Å²) in [6, 6.07) is 3.33. The SMILES string of the molecule is Nc1nccnc1Sc1ccc(F)cc1F. The summed E-state index contributed by atoms with van der Waals surface area (Å²) in [4.78, 5) is 8.03. The van der Waals surface area contributed by atoms with E-state index in [2.05, 4.69) is 9.97 Å². The third-order valence-corrected chi connectivity index (χ3v) is 2.85. The Hall–Kier alpha value is -1.69. The number of rotatable bonds is 2. The van der Waals surface area contributed by atoms with E-state index in [1.807, 2.05) is 0 Å². The Morgan fingerprint density at radius 2 is 1.88 bits per heavy atom. The first-order valence-corrected chi connectivity index (χ1v) is 5.18. The van der Waals surface area contributed by atoms with E-state index in [0.717, 1.165) is 17.8 Å². The average Bonchev–Trinajstić information content (AvgIpc) is 2.25. The van der Waals surface area contributed by atoms with E-state index in [-0.39, 0.29) is 10.7 Å². The molecule has 2 aromatic rings. The Kier molecular flexibility index (Phi) is 3.00. The smallest absolute Gasteiger partial charge is 0.156 e. The Morgan fingerprint density at radius 1 is 1.12 bits per heavy atom. The molecule has 82 valence electrons. The topological polar surface area (TPSA) is 51.8 Å². The summed E-state index contributed by atoms with van der Waals surface area (Å²) in [7, 11) is 0. The van der Waals surface area contributed by atoms with E-state index in [0.29, 0.717) is 5.03 Å². The second-order valence-electron chi connectivity index (χ2n) is 2.92. The molecule has 3 nitrogen and oxygen atoms in total. The van der Waals surface area contributed by atoms with Gasteiger partial charge in [-0.2, -0.15) is 0 Å². The predicted octanol–water partition coefficient (Wildman–Crippen LogP) is 2.49. The highest BCUT2D eigenvalue weighted by Gasteiger charge is 2.09. The molecular weight excluding hydrogens is 232 g/mol. The van der Waals surface area contributed by atoms with Crippen LogP contribution in [0.15, 0.2) is 40.5 Å². The first kappa shape index (κ1) is 10.8. The Morgan fingerprint density at radius 3 is 2.56 bits per heavy atom. The summed E-state index contributed by atoms with van der Waals surface area (Å²) in [6.45, 7) is 0. The van der Waals surface area contributed by atoms with Gasteiger partial charge in [-0.1, -0.05) is 11.8 Å². The van der Waals surface area contributed by atoms with Crippen LogP contribution in [-0.2, 0) is 0 Å². The van der Waals surface area contributed by atoms with Crippen molar-refractivity contribution in [3.63, 3.8) is 0 Å². The second kappa shape index (κ2) is 4.44. The number of aromatic nitrogens is 2. The maximum atomic E-state index is 13.3. The molecule has 0 bridgehead atoms. The Bertz CT molecular complexity index is 519. The van der Waals surface area contributed by atoms with Crippen LogP contribution in [-0.4, -0.2) is 9.97 Å². The van der Waals surface area contributed by atoms with Gasteiger partial charge in [0.25, 0.3) is 0 Å². The van der Waals surface area contributed by atoms with Crippen LogP contribution in [0, 0.1) is 11.6 Å². The number of nitrogen functional groups attached to an aromatic ring is 1. The molecule has 0 radical (unpaired) electrons. The summed E-state index contributed by atoms with van der Waals surface area (Å²) in [5, 5.41) is 0.396. The quantitative estimate of drug-likeness (QED) is 0.874. The molecule has 0 amide bonds. The van der Waals surface area contributed by atoms with E-state index < -0.39 is 11.6 Å². The number of hydrogen-bond acceptors (Lipinski definition) is 4. The van der Waals surface area contributed by atoms with E-state index in [1.165, 1.54) is 24.5 Å². The molecule has 16 heavy (non-hydrogen) atoms. The minimum atomic E-state index is -0.643. The first-order valence-electron chi connectivity index (χ1n) is 4.36. The summed E-state index contributed by atoms with van der Waals surface area (Å²) >= 11 is 1.01. The van der Waals surface area contributed by atoms with Crippen LogP contribution in [0.3, 0.4) is 0 Å². The van der Waals surface area contributed by atoms with Crippen LogP contribution in [0.2, 0.25) is 0 Å². The minimum Gasteiger partial charge on any atom is -0.381 e. The van der Waals surface area contributed by atoms with Gasteiger partial charge < -0.3 is 5.73 Å². The number of halogens is 2. The lowest BCUT2D eigenvalue weighted by molar-refractivity contribution is 0.565. The van der Waals surface area contributed by atoms with Crippen molar-refractivity contribution in [1.29, 1.82) is 0 Å². The Balaban J connectivity index is 2.31. The molecule has 6 heteroatoms. The standard InChI is InChI=1S/C10H7F2N3S/c11-6-1-2-8(7(12)5-6)16-10-9(13)14-3-4-15-10/h1-5H,(H2,13,14). The summed E-state index contributed by atoms with van der Waals surface area (Å²) in [5.74, 6) is -1.04. The van der Waals surface area contributed by atoms with Gasteiger partial charge in [-0.3, -0.25) is 0 Å². The van der Waals surface area contributed by atoms with Crippen molar-refractivity contribution in [2.75, 3.05) is 5.73 Å². The van der Waals surface area contributed by atoms with Gasteiger partial charge in [0.1, 0.15) is 16.7 Å². The van der Waals surface area contributed by atoms with Crippen LogP contribution in [0.1, 0.15) is 0 Å². The minimum absolute atomic E-state index is 0.219. The van der Waals surface area contributed by atoms with Gasteiger partial charge in [0.05, 0.1) is 0 Å². The van der Waals surface area contributed by atoms with Crippen molar-refractivity contribution in [3.8, 4) is 0 Å². The lowest BCUT2D eigenvalue weighted by atomic mass is 10.3. The molecule has 1 heterocycles. The molecule has 0 saturated carbocycles. The number of nitrogens with zero attached hydrogens (tertiary/aromatic N) is 2. The highest BCUT2D eigenvalue weighted by atomic mass is 32.2. The van der Waals surface area contributed by atoms with E-state index in [1.54, 1.807) is 0 Å². The molecule has 0 fully saturated rings. The fourth-order valence-corrected chi connectivity index (χ4v) is 1.85. The lowest BCUT2D eigenvalue weighted by Crippen LogP contribution is -1.95. The monoisotopic (exact) mass is 239 g/mol. The zero-order valence-corrected chi connectivity index (χ0v) is 8.84. The van der Waals surface area contributed by atoms with E-state index in [9.17, 15) is 8.78 Å².